The van der Waals surface area contributed by atoms with Crippen LogP contribution in [0.5, 0.6) is 0 Å². The molecule has 0 spiro atoms. The van der Waals surface area contributed by atoms with Crippen LogP contribution in [0, 0.1) is 19.8 Å². The molecule has 0 saturated heterocycles. The van der Waals surface area contributed by atoms with Gasteiger partial charge in [0.2, 0.25) is 11.5 Å². The number of H-pyrrole nitrogens is 2. The van der Waals surface area contributed by atoms with E-state index in [4.69, 9.17) is 0 Å². The Morgan fingerprint density at radius 3 is 3.00 bits per heavy atom. The van der Waals surface area contributed by atoms with Crippen molar-refractivity contribution < 1.29 is 4.79 Å². The van der Waals surface area contributed by atoms with Gasteiger partial charge in [-0.1, -0.05) is 0 Å². The van der Waals surface area contributed by atoms with Crippen LogP contribution >= 0.6 is 0 Å². The number of pyridine rings is 1. The zero-order valence-electron chi connectivity index (χ0n) is 12.1. The van der Waals surface area contributed by atoms with Crippen LogP contribution in [0.4, 0.5) is 5.69 Å². The van der Waals surface area contributed by atoms with Gasteiger partial charge in [-0.2, -0.15) is 0 Å². The maximum absolute atomic E-state index is 12.4. The molecule has 0 radical (unpaired) electrons. The number of nitrogens with one attached hydrogen (secondary N) is 3. The molecule has 1 aliphatic carbocycles. The van der Waals surface area contributed by atoms with Crippen molar-refractivity contribution in [2.75, 3.05) is 5.32 Å². The molecular formula is C15H18N4O2. The number of aromatic nitrogens is 3. The fraction of sp³-hybridized carbons (Fsp3) is 0.400. The smallest absolute Gasteiger partial charge is 0.248 e. The van der Waals surface area contributed by atoms with Crippen molar-refractivity contribution in [3.63, 3.8) is 0 Å². The summed E-state index contributed by atoms with van der Waals surface area (Å²) in [5, 5.41) is 2.90. The third-order valence-corrected chi connectivity index (χ3v) is 3.92. The molecule has 21 heavy (non-hydrogen) atoms. The van der Waals surface area contributed by atoms with Crippen LogP contribution in [0.2, 0.25) is 0 Å². The second-order valence-electron chi connectivity index (χ2n) is 5.57. The molecule has 0 unspecified atom stereocenters. The lowest BCUT2D eigenvalue weighted by atomic mass is 9.89. The van der Waals surface area contributed by atoms with E-state index in [2.05, 4.69) is 20.3 Å². The molecule has 0 saturated carbocycles. The maximum atomic E-state index is 12.4. The summed E-state index contributed by atoms with van der Waals surface area (Å²) < 4.78 is 0. The van der Waals surface area contributed by atoms with Crippen molar-refractivity contribution in [1.82, 2.24) is 15.0 Å². The Bertz CT molecular complexity index is 744. The Morgan fingerprint density at radius 2 is 2.24 bits per heavy atom. The number of aryl methyl sites for hydroxylation is 3. The number of amides is 1. The first-order valence-corrected chi connectivity index (χ1v) is 7.07. The molecule has 6 nitrogen and oxygen atoms in total. The van der Waals surface area contributed by atoms with E-state index in [0.717, 1.165) is 35.6 Å². The number of anilines is 1. The molecular weight excluding hydrogens is 268 g/mol. The normalized spacial score (nSPS) is 17.3. The van der Waals surface area contributed by atoms with Crippen molar-refractivity contribution in [1.29, 1.82) is 0 Å². The molecule has 3 rings (SSSR count). The zero-order chi connectivity index (χ0) is 15.0. The van der Waals surface area contributed by atoms with Gasteiger partial charge in [-0.25, -0.2) is 4.98 Å². The fourth-order valence-electron chi connectivity index (χ4n) is 2.79. The lowest BCUT2D eigenvalue weighted by Crippen LogP contribution is -2.28. The van der Waals surface area contributed by atoms with E-state index in [1.807, 2.05) is 13.8 Å². The summed E-state index contributed by atoms with van der Waals surface area (Å²) >= 11 is 0. The molecule has 0 aromatic carbocycles. The minimum atomic E-state index is -0.166. The zero-order valence-corrected chi connectivity index (χ0v) is 12.1. The molecule has 0 aliphatic heterocycles. The maximum Gasteiger partial charge on any atom is 0.248 e. The standard InChI is InChI=1S/C15H18N4O2/c1-8-5-14(20)16-7-13(8)19-15(21)10-3-4-11-12(6-10)18-9(2)17-11/h5,7,10H,3-4,6H2,1-2H3,(H,16,20)(H,17,18)(H,19,21)/t10-/m1/s1. The van der Waals surface area contributed by atoms with Gasteiger partial charge in [0.15, 0.2) is 0 Å². The van der Waals surface area contributed by atoms with Gasteiger partial charge in [0, 0.05) is 30.3 Å². The quantitative estimate of drug-likeness (QED) is 0.780. The summed E-state index contributed by atoms with van der Waals surface area (Å²) in [6.07, 6.45) is 3.85. The lowest BCUT2D eigenvalue weighted by molar-refractivity contribution is -0.120. The highest BCUT2D eigenvalue weighted by molar-refractivity contribution is 5.93. The number of carbonyl (C=O) groups excluding carboxylic acids is 1. The number of nitrogens with zero attached hydrogens (tertiary/aromatic N) is 1. The first-order chi connectivity index (χ1) is 10.0. The number of hydrogen-bond acceptors (Lipinski definition) is 3. The van der Waals surface area contributed by atoms with Crippen molar-refractivity contribution in [2.45, 2.75) is 33.1 Å². The lowest BCUT2D eigenvalue weighted by Gasteiger charge is -2.21. The Balaban J connectivity index is 1.73. The predicted octanol–water partition coefficient (Wildman–Crippen LogP) is 1.46. The molecule has 3 N–H and O–H groups in total. The number of imidazole rings is 1. The van der Waals surface area contributed by atoms with Crippen molar-refractivity contribution in [3.05, 3.63) is 45.4 Å². The Kier molecular flexibility index (Phi) is 3.37. The Hall–Kier alpha value is -2.37. The Morgan fingerprint density at radius 1 is 1.43 bits per heavy atom. The van der Waals surface area contributed by atoms with Crippen LogP contribution in [0.3, 0.4) is 0 Å². The SMILES string of the molecule is Cc1nc2c([nH]1)C[C@H](C(=O)Nc1c[nH]c(=O)cc1C)CC2. The summed E-state index contributed by atoms with van der Waals surface area (Å²) in [5.41, 5.74) is 3.40. The highest BCUT2D eigenvalue weighted by Gasteiger charge is 2.27. The van der Waals surface area contributed by atoms with Gasteiger partial charge in [0.05, 0.1) is 11.4 Å². The van der Waals surface area contributed by atoms with E-state index in [-0.39, 0.29) is 17.4 Å². The van der Waals surface area contributed by atoms with Gasteiger partial charge in [0.1, 0.15) is 5.82 Å². The predicted molar refractivity (Wildman–Crippen MR) is 79.3 cm³/mol. The highest BCUT2D eigenvalue weighted by atomic mass is 16.2. The molecule has 2 aromatic rings. The van der Waals surface area contributed by atoms with E-state index in [9.17, 15) is 9.59 Å². The molecule has 1 amide bonds. The number of fused-ring (bicyclic) bond motifs is 1. The topological polar surface area (TPSA) is 90.6 Å². The summed E-state index contributed by atoms with van der Waals surface area (Å²) in [6, 6.07) is 1.48. The van der Waals surface area contributed by atoms with Gasteiger partial charge >= 0.3 is 0 Å². The van der Waals surface area contributed by atoms with Crippen LogP contribution in [0.15, 0.2) is 17.1 Å². The van der Waals surface area contributed by atoms with E-state index in [1.54, 1.807) is 6.20 Å². The van der Waals surface area contributed by atoms with E-state index in [0.29, 0.717) is 12.1 Å². The second kappa shape index (κ2) is 5.20. The van der Waals surface area contributed by atoms with Gasteiger partial charge in [0.25, 0.3) is 0 Å². The van der Waals surface area contributed by atoms with Crippen LogP contribution in [-0.2, 0) is 17.6 Å². The molecule has 1 aliphatic rings. The van der Waals surface area contributed by atoms with Crippen LogP contribution in [0.1, 0.15) is 29.2 Å². The van der Waals surface area contributed by atoms with Crippen LogP contribution < -0.4 is 10.9 Å². The minimum Gasteiger partial charge on any atom is -0.346 e. The number of rotatable bonds is 2. The minimum absolute atomic E-state index is 0.0111. The largest absolute Gasteiger partial charge is 0.346 e. The number of hydrogen-bond donors (Lipinski definition) is 3. The van der Waals surface area contributed by atoms with E-state index >= 15 is 0 Å². The monoisotopic (exact) mass is 286 g/mol. The molecule has 2 heterocycles. The summed E-state index contributed by atoms with van der Waals surface area (Å²) in [5.74, 6) is 0.823. The number of carbonyl (C=O) groups is 1. The van der Waals surface area contributed by atoms with Gasteiger partial charge in [-0.05, 0) is 32.3 Å². The Labute approximate surface area is 122 Å². The van der Waals surface area contributed by atoms with Crippen molar-refractivity contribution in [3.8, 4) is 0 Å². The first kappa shape index (κ1) is 13.6. The van der Waals surface area contributed by atoms with Gasteiger partial charge in [-0.3, -0.25) is 9.59 Å². The summed E-state index contributed by atoms with van der Waals surface area (Å²) in [4.78, 5) is 33.8. The van der Waals surface area contributed by atoms with Gasteiger partial charge in [-0.15, -0.1) is 0 Å². The average Bonchev–Trinajstić information content (AvgIpc) is 2.80. The molecule has 2 aromatic heterocycles. The average molecular weight is 286 g/mol. The molecule has 110 valence electrons. The molecule has 0 bridgehead atoms. The van der Waals surface area contributed by atoms with Crippen LogP contribution in [0.25, 0.3) is 0 Å². The van der Waals surface area contributed by atoms with Crippen molar-refractivity contribution in [2.24, 2.45) is 5.92 Å². The second-order valence-corrected chi connectivity index (χ2v) is 5.57. The first-order valence-electron chi connectivity index (χ1n) is 7.07. The molecule has 0 fully saturated rings. The van der Waals surface area contributed by atoms with Crippen LogP contribution in [-0.4, -0.2) is 20.9 Å². The van der Waals surface area contributed by atoms with Crippen molar-refractivity contribution >= 4 is 11.6 Å². The fourth-order valence-corrected chi connectivity index (χ4v) is 2.79. The molecule has 6 heteroatoms. The van der Waals surface area contributed by atoms with E-state index < -0.39 is 0 Å². The van der Waals surface area contributed by atoms with Gasteiger partial charge < -0.3 is 15.3 Å². The molecule has 1 atom stereocenters. The highest BCUT2D eigenvalue weighted by Crippen LogP contribution is 2.25. The number of aromatic amines is 2. The third kappa shape index (κ3) is 2.74. The third-order valence-electron chi connectivity index (χ3n) is 3.92. The summed E-state index contributed by atoms with van der Waals surface area (Å²) in [7, 11) is 0. The summed E-state index contributed by atoms with van der Waals surface area (Å²) in [6.45, 7) is 3.74. The van der Waals surface area contributed by atoms with E-state index in [1.165, 1.54) is 6.07 Å².